The summed E-state index contributed by atoms with van der Waals surface area (Å²) in [5.74, 6) is -3.24. The van der Waals surface area contributed by atoms with Crippen LogP contribution in [0.2, 0.25) is 0 Å². The van der Waals surface area contributed by atoms with Gasteiger partial charge in [0.2, 0.25) is 11.8 Å². The second-order valence-electron chi connectivity index (χ2n) is 6.22. The zero-order valence-corrected chi connectivity index (χ0v) is 13.1. The third kappa shape index (κ3) is 1.73. The van der Waals surface area contributed by atoms with Gasteiger partial charge in [0.1, 0.15) is 11.4 Å². The average molecular weight is 346 g/mol. The Hall–Kier alpha value is -2.78. The summed E-state index contributed by atoms with van der Waals surface area (Å²) in [6.45, 7) is -0.629. The molecule has 0 aliphatic carbocycles. The molecule has 4 atom stereocenters. The van der Waals surface area contributed by atoms with Crippen LogP contribution >= 0.6 is 0 Å². The highest BCUT2D eigenvalue weighted by Crippen LogP contribution is 2.57. The minimum Gasteiger partial charge on any atom is -0.497 e. The van der Waals surface area contributed by atoms with Gasteiger partial charge in [-0.1, -0.05) is 0 Å². The van der Waals surface area contributed by atoms with Crippen LogP contribution in [0.4, 0.5) is 5.69 Å². The summed E-state index contributed by atoms with van der Waals surface area (Å²) in [5.41, 5.74) is -3.39. The summed E-state index contributed by atoms with van der Waals surface area (Å²) in [5, 5.41) is 21.3. The molecule has 0 spiro atoms. The van der Waals surface area contributed by atoms with Gasteiger partial charge in [0.05, 0.1) is 30.2 Å². The first-order valence-electron chi connectivity index (χ1n) is 7.58. The molecule has 1 aromatic carbocycles. The summed E-state index contributed by atoms with van der Waals surface area (Å²) >= 11 is 0. The number of aliphatic hydroxyl groups excluding tert-OH is 1. The highest BCUT2D eigenvalue weighted by atomic mass is 16.7. The Morgan fingerprint density at radius 3 is 2.44 bits per heavy atom. The van der Waals surface area contributed by atoms with Crippen LogP contribution in [0.15, 0.2) is 36.4 Å². The fourth-order valence-electron chi connectivity index (χ4n) is 3.93. The number of carbonyl (C=O) groups is 2. The first-order valence-corrected chi connectivity index (χ1v) is 7.58. The van der Waals surface area contributed by atoms with E-state index in [1.807, 2.05) is 0 Å². The van der Waals surface area contributed by atoms with Gasteiger partial charge < -0.3 is 9.84 Å². The number of amides is 2. The minimum atomic E-state index is -2.12. The van der Waals surface area contributed by atoms with E-state index in [2.05, 4.69) is 0 Å². The molecule has 0 unspecified atom stereocenters. The van der Waals surface area contributed by atoms with Crippen LogP contribution in [0, 0.1) is 22.0 Å². The number of carbonyl (C=O) groups excluding carboxylic acids is 2. The Labute approximate surface area is 141 Å². The second kappa shape index (κ2) is 4.87. The Morgan fingerprint density at radius 2 is 1.88 bits per heavy atom. The standard InChI is InChI=1S/C16H14N2O7/c1-24-10-4-2-9(3-5-10)17-13(20)11-12(14(17)21)16(18(22)23)7-6-15(11,8-19)25-16/h2-7,11-12,19H,8H2,1H3/t11-,12+,15-,16+/m0/s1. The third-order valence-corrected chi connectivity index (χ3v) is 5.10. The molecule has 0 radical (unpaired) electrons. The molecule has 2 bridgehead atoms. The minimum absolute atomic E-state index is 0.288. The molecule has 2 amide bonds. The number of hydrogen-bond acceptors (Lipinski definition) is 7. The fourth-order valence-corrected chi connectivity index (χ4v) is 3.93. The fraction of sp³-hybridized carbons (Fsp3) is 0.375. The summed E-state index contributed by atoms with van der Waals surface area (Å²) in [6, 6.07) is 6.21. The molecule has 2 fully saturated rings. The number of aliphatic hydroxyl groups is 1. The van der Waals surface area contributed by atoms with Crippen LogP contribution in [0.3, 0.4) is 0 Å². The van der Waals surface area contributed by atoms with E-state index in [-0.39, 0.29) is 5.69 Å². The zero-order valence-electron chi connectivity index (χ0n) is 13.1. The molecular formula is C16H14N2O7. The van der Waals surface area contributed by atoms with Gasteiger partial charge >= 0.3 is 5.72 Å². The molecule has 130 valence electrons. The van der Waals surface area contributed by atoms with Crippen LogP contribution in [-0.4, -0.2) is 46.9 Å². The lowest BCUT2D eigenvalue weighted by atomic mass is 9.75. The van der Waals surface area contributed by atoms with Crippen molar-refractivity contribution in [2.24, 2.45) is 11.8 Å². The molecule has 1 N–H and O–H groups in total. The SMILES string of the molecule is COc1ccc(N2C(=O)[C@@H]3[C@H](C2=O)[C@@]2([N+](=O)[O-])C=C[C@@]3(CO)O2)cc1. The number of fused-ring (bicyclic) bond motifs is 5. The highest BCUT2D eigenvalue weighted by molar-refractivity contribution is 6.23. The van der Waals surface area contributed by atoms with Crippen molar-refractivity contribution in [2.45, 2.75) is 11.3 Å². The maximum atomic E-state index is 12.9. The van der Waals surface area contributed by atoms with Crippen LogP contribution in [0.5, 0.6) is 5.75 Å². The molecule has 0 aromatic heterocycles. The van der Waals surface area contributed by atoms with Crippen LogP contribution < -0.4 is 9.64 Å². The zero-order chi connectivity index (χ0) is 18.0. The van der Waals surface area contributed by atoms with Crippen molar-refractivity contribution in [3.05, 3.63) is 46.5 Å². The first kappa shape index (κ1) is 15.7. The number of ether oxygens (including phenoxy) is 2. The van der Waals surface area contributed by atoms with Crippen LogP contribution in [0.25, 0.3) is 0 Å². The molecule has 3 heterocycles. The number of hydrogen-bond donors (Lipinski definition) is 1. The number of nitrogens with zero attached hydrogens (tertiary/aromatic N) is 2. The summed E-state index contributed by atoms with van der Waals surface area (Å²) in [4.78, 5) is 37.6. The quantitative estimate of drug-likeness (QED) is 0.355. The van der Waals surface area contributed by atoms with Crippen LogP contribution in [0.1, 0.15) is 0 Å². The number of nitro groups is 1. The van der Waals surface area contributed by atoms with Gasteiger partial charge in [0.15, 0.2) is 5.92 Å². The maximum absolute atomic E-state index is 12.9. The van der Waals surface area contributed by atoms with Gasteiger partial charge in [0.25, 0.3) is 0 Å². The van der Waals surface area contributed by atoms with Gasteiger partial charge in [0, 0.05) is 6.08 Å². The predicted octanol–water partition coefficient (Wildman–Crippen LogP) is 0.105. The summed E-state index contributed by atoms with van der Waals surface area (Å²) in [7, 11) is 1.48. The lowest BCUT2D eigenvalue weighted by Gasteiger charge is -2.25. The molecule has 9 heteroatoms. The van der Waals surface area contributed by atoms with Crippen molar-refractivity contribution < 1.29 is 29.1 Å². The van der Waals surface area contributed by atoms with Crippen molar-refractivity contribution in [1.29, 1.82) is 0 Å². The Kier molecular flexibility index (Phi) is 3.06. The van der Waals surface area contributed by atoms with E-state index in [4.69, 9.17) is 9.47 Å². The van der Waals surface area contributed by atoms with E-state index in [9.17, 15) is 24.8 Å². The topological polar surface area (TPSA) is 119 Å². The van der Waals surface area contributed by atoms with Crippen molar-refractivity contribution >= 4 is 17.5 Å². The lowest BCUT2D eigenvalue weighted by molar-refractivity contribution is -0.613. The summed E-state index contributed by atoms with van der Waals surface area (Å²) < 4.78 is 10.5. The number of anilines is 1. The Balaban J connectivity index is 1.80. The van der Waals surface area contributed by atoms with E-state index in [1.165, 1.54) is 25.3 Å². The monoisotopic (exact) mass is 346 g/mol. The number of rotatable bonds is 4. The van der Waals surface area contributed by atoms with E-state index < -0.39 is 46.5 Å². The van der Waals surface area contributed by atoms with E-state index >= 15 is 0 Å². The van der Waals surface area contributed by atoms with Gasteiger partial charge in [-0.25, -0.2) is 4.90 Å². The molecular weight excluding hydrogens is 332 g/mol. The molecule has 3 aliphatic rings. The van der Waals surface area contributed by atoms with E-state index in [0.717, 1.165) is 11.0 Å². The van der Waals surface area contributed by atoms with Crippen molar-refractivity contribution in [3.8, 4) is 5.75 Å². The van der Waals surface area contributed by atoms with E-state index in [0.29, 0.717) is 5.75 Å². The van der Waals surface area contributed by atoms with Gasteiger partial charge in [-0.05, 0) is 30.3 Å². The smallest absolute Gasteiger partial charge is 0.358 e. The predicted molar refractivity (Wildman–Crippen MR) is 82.2 cm³/mol. The molecule has 2 saturated heterocycles. The molecule has 3 aliphatic heterocycles. The second-order valence-corrected chi connectivity index (χ2v) is 6.22. The average Bonchev–Trinajstić information content (AvgIpc) is 3.24. The molecule has 9 nitrogen and oxygen atoms in total. The van der Waals surface area contributed by atoms with Gasteiger partial charge in [-0.2, -0.15) is 0 Å². The van der Waals surface area contributed by atoms with Gasteiger partial charge in [-0.3, -0.25) is 24.4 Å². The molecule has 0 saturated carbocycles. The number of imide groups is 1. The Bertz CT molecular complexity index is 820. The molecule has 25 heavy (non-hydrogen) atoms. The Morgan fingerprint density at radius 1 is 1.24 bits per heavy atom. The number of methoxy groups -OCH3 is 1. The highest BCUT2D eigenvalue weighted by Gasteiger charge is 2.79. The molecule has 1 aromatic rings. The van der Waals surface area contributed by atoms with Crippen molar-refractivity contribution in [1.82, 2.24) is 0 Å². The maximum Gasteiger partial charge on any atom is 0.358 e. The largest absolute Gasteiger partial charge is 0.497 e. The summed E-state index contributed by atoms with van der Waals surface area (Å²) in [6.07, 6.45) is 2.48. The van der Waals surface area contributed by atoms with Crippen molar-refractivity contribution in [2.75, 3.05) is 18.6 Å². The normalized spacial score (nSPS) is 35.4. The molecule has 4 rings (SSSR count). The third-order valence-electron chi connectivity index (χ3n) is 5.10. The van der Waals surface area contributed by atoms with Crippen molar-refractivity contribution in [3.63, 3.8) is 0 Å². The van der Waals surface area contributed by atoms with E-state index in [1.54, 1.807) is 12.1 Å². The van der Waals surface area contributed by atoms with Gasteiger partial charge in [-0.15, -0.1) is 0 Å². The lowest BCUT2D eigenvalue weighted by Crippen LogP contribution is -2.46. The number of benzene rings is 1. The first-order chi connectivity index (χ1) is 11.9. The van der Waals surface area contributed by atoms with Crippen LogP contribution in [-0.2, 0) is 14.3 Å².